The molecule has 7 nitrogen and oxygen atoms in total. The number of carbonyl (C=O) groups excluding carboxylic acids is 1. The maximum Gasteiger partial charge on any atom is 0.248 e. The van der Waals surface area contributed by atoms with E-state index in [1.54, 1.807) is 16.0 Å². The van der Waals surface area contributed by atoms with Crippen molar-refractivity contribution >= 4 is 17.2 Å². The van der Waals surface area contributed by atoms with E-state index in [1.807, 2.05) is 43.9 Å². The second-order valence-electron chi connectivity index (χ2n) is 5.65. The molecule has 0 aliphatic carbocycles. The van der Waals surface area contributed by atoms with Gasteiger partial charge in [-0.25, -0.2) is 0 Å². The van der Waals surface area contributed by atoms with Crippen LogP contribution in [0.3, 0.4) is 0 Å². The third-order valence-electron chi connectivity index (χ3n) is 3.70. The molecule has 0 saturated heterocycles. The van der Waals surface area contributed by atoms with Crippen molar-refractivity contribution in [2.75, 3.05) is 0 Å². The molecule has 0 radical (unpaired) electrons. The third kappa shape index (κ3) is 3.70. The van der Waals surface area contributed by atoms with Crippen molar-refractivity contribution in [3.05, 3.63) is 40.2 Å². The number of amides is 1. The molecule has 0 spiro atoms. The largest absolute Gasteiger partial charge is 0.421 e. The van der Waals surface area contributed by atoms with Crippen molar-refractivity contribution in [1.29, 1.82) is 0 Å². The molecule has 8 heteroatoms. The molecule has 0 aliphatic heterocycles. The highest BCUT2D eigenvalue weighted by Gasteiger charge is 2.15. The van der Waals surface area contributed by atoms with E-state index in [9.17, 15) is 4.79 Å². The Bertz CT molecular complexity index is 822. The summed E-state index contributed by atoms with van der Waals surface area (Å²) in [5.41, 5.74) is 2.84. The van der Waals surface area contributed by atoms with Crippen molar-refractivity contribution in [2.45, 2.75) is 32.7 Å². The van der Waals surface area contributed by atoms with Crippen LogP contribution in [0.2, 0.25) is 0 Å². The summed E-state index contributed by atoms with van der Waals surface area (Å²) in [4.78, 5) is 12.1. The Morgan fingerprint density at radius 1 is 1.46 bits per heavy atom. The molecule has 0 aliphatic rings. The first-order chi connectivity index (χ1) is 11.5. The number of nitrogens with one attached hydrogen (secondary N) is 1. The van der Waals surface area contributed by atoms with Crippen LogP contribution in [0.1, 0.15) is 36.5 Å². The minimum atomic E-state index is -0.0877. The molecule has 126 valence electrons. The van der Waals surface area contributed by atoms with Gasteiger partial charge in [0.05, 0.1) is 11.7 Å². The van der Waals surface area contributed by atoms with E-state index in [2.05, 4.69) is 20.6 Å². The van der Waals surface area contributed by atoms with Gasteiger partial charge in [0.1, 0.15) is 0 Å². The molecule has 24 heavy (non-hydrogen) atoms. The van der Waals surface area contributed by atoms with E-state index in [1.165, 1.54) is 0 Å². The molecule has 0 bridgehead atoms. The predicted molar refractivity (Wildman–Crippen MR) is 90.4 cm³/mol. The van der Waals surface area contributed by atoms with Crippen molar-refractivity contribution in [2.24, 2.45) is 7.05 Å². The van der Waals surface area contributed by atoms with E-state index >= 15 is 0 Å². The SMILES string of the molecule is Cc1nn(C)cc1C(C)NC(=O)CCc1nnc(-c2ccsc2)o1. The summed E-state index contributed by atoms with van der Waals surface area (Å²) in [6, 6.07) is 1.84. The van der Waals surface area contributed by atoms with E-state index in [4.69, 9.17) is 4.42 Å². The fraction of sp³-hybridized carbons (Fsp3) is 0.375. The molecule has 3 heterocycles. The highest BCUT2D eigenvalue weighted by atomic mass is 32.1. The van der Waals surface area contributed by atoms with Gasteiger partial charge in [-0.1, -0.05) is 0 Å². The summed E-state index contributed by atoms with van der Waals surface area (Å²) in [6.45, 7) is 3.88. The molecular formula is C16H19N5O2S. The lowest BCUT2D eigenvalue weighted by Gasteiger charge is -2.12. The predicted octanol–water partition coefficient (Wildman–Crippen LogP) is 2.65. The van der Waals surface area contributed by atoms with E-state index in [-0.39, 0.29) is 11.9 Å². The smallest absolute Gasteiger partial charge is 0.248 e. The second-order valence-corrected chi connectivity index (χ2v) is 6.43. The van der Waals surface area contributed by atoms with Crippen molar-refractivity contribution < 1.29 is 9.21 Å². The first-order valence-corrected chi connectivity index (χ1v) is 8.61. The number of nitrogens with zero attached hydrogens (tertiary/aromatic N) is 4. The Morgan fingerprint density at radius 3 is 2.96 bits per heavy atom. The van der Waals surface area contributed by atoms with Crippen LogP contribution >= 0.6 is 11.3 Å². The number of thiophene rings is 1. The van der Waals surface area contributed by atoms with Gasteiger partial charge in [-0.05, 0) is 25.3 Å². The fourth-order valence-corrected chi connectivity index (χ4v) is 3.14. The number of aryl methyl sites for hydroxylation is 3. The highest BCUT2D eigenvalue weighted by molar-refractivity contribution is 7.08. The lowest BCUT2D eigenvalue weighted by atomic mass is 10.1. The monoisotopic (exact) mass is 345 g/mol. The zero-order valence-electron chi connectivity index (χ0n) is 13.8. The number of hydrogen-bond donors (Lipinski definition) is 1. The van der Waals surface area contributed by atoms with Crippen LogP contribution in [0.4, 0.5) is 0 Å². The van der Waals surface area contributed by atoms with E-state index < -0.39 is 0 Å². The number of aromatic nitrogens is 4. The quantitative estimate of drug-likeness (QED) is 0.742. The summed E-state index contributed by atoms with van der Waals surface area (Å²) in [7, 11) is 1.87. The van der Waals surface area contributed by atoms with Crippen LogP contribution in [0.25, 0.3) is 11.5 Å². The molecule has 1 atom stereocenters. The minimum absolute atomic E-state index is 0.0546. The van der Waals surface area contributed by atoms with Crippen LogP contribution in [-0.4, -0.2) is 25.9 Å². The zero-order chi connectivity index (χ0) is 17.1. The molecule has 1 unspecified atom stereocenters. The minimum Gasteiger partial charge on any atom is -0.421 e. The molecular weight excluding hydrogens is 326 g/mol. The Hall–Kier alpha value is -2.48. The molecule has 1 amide bonds. The molecule has 1 N–H and O–H groups in total. The van der Waals surface area contributed by atoms with Crippen molar-refractivity contribution in [1.82, 2.24) is 25.3 Å². The van der Waals surface area contributed by atoms with Gasteiger partial charge in [0.2, 0.25) is 17.7 Å². The average molecular weight is 345 g/mol. The second kappa shape index (κ2) is 6.96. The van der Waals surface area contributed by atoms with Crippen LogP contribution in [0.15, 0.2) is 27.4 Å². The normalized spacial score (nSPS) is 12.3. The summed E-state index contributed by atoms with van der Waals surface area (Å²) in [5.74, 6) is 0.906. The summed E-state index contributed by atoms with van der Waals surface area (Å²) in [6.07, 6.45) is 2.64. The van der Waals surface area contributed by atoms with Crippen molar-refractivity contribution in [3.63, 3.8) is 0 Å². The van der Waals surface area contributed by atoms with Gasteiger partial charge in [0, 0.05) is 42.6 Å². The standard InChI is InChI=1S/C16H19N5O2S/c1-10(13-8-21(3)20-11(13)2)17-14(22)4-5-15-18-19-16(23-15)12-6-7-24-9-12/h6-10H,4-5H2,1-3H3,(H,17,22). The van der Waals surface area contributed by atoms with Gasteiger partial charge in [-0.2, -0.15) is 16.4 Å². The zero-order valence-corrected chi connectivity index (χ0v) is 14.6. The maximum atomic E-state index is 12.1. The lowest BCUT2D eigenvalue weighted by molar-refractivity contribution is -0.121. The Kier molecular flexibility index (Phi) is 4.75. The average Bonchev–Trinajstić information content (AvgIpc) is 3.25. The van der Waals surface area contributed by atoms with Gasteiger partial charge >= 0.3 is 0 Å². The Morgan fingerprint density at radius 2 is 2.29 bits per heavy atom. The van der Waals surface area contributed by atoms with Crippen LogP contribution in [-0.2, 0) is 18.3 Å². The number of carbonyl (C=O) groups is 1. The van der Waals surface area contributed by atoms with Crippen molar-refractivity contribution in [3.8, 4) is 11.5 Å². The van der Waals surface area contributed by atoms with Crippen LogP contribution in [0.5, 0.6) is 0 Å². The number of hydrogen-bond acceptors (Lipinski definition) is 6. The first-order valence-electron chi connectivity index (χ1n) is 7.67. The van der Waals surface area contributed by atoms with Gasteiger partial charge in [-0.15, -0.1) is 10.2 Å². The molecule has 0 fully saturated rings. The van der Waals surface area contributed by atoms with Crippen LogP contribution < -0.4 is 5.32 Å². The Labute approximate surface area is 143 Å². The number of rotatable bonds is 6. The molecule has 3 rings (SSSR count). The van der Waals surface area contributed by atoms with Crippen LogP contribution in [0, 0.1) is 6.92 Å². The fourth-order valence-electron chi connectivity index (χ4n) is 2.51. The van der Waals surface area contributed by atoms with Gasteiger partial charge in [0.15, 0.2) is 0 Å². The first kappa shape index (κ1) is 16.4. The lowest BCUT2D eigenvalue weighted by Crippen LogP contribution is -2.27. The van der Waals surface area contributed by atoms with Gasteiger partial charge < -0.3 is 9.73 Å². The summed E-state index contributed by atoms with van der Waals surface area (Å²) < 4.78 is 7.33. The van der Waals surface area contributed by atoms with E-state index in [0.29, 0.717) is 24.6 Å². The third-order valence-corrected chi connectivity index (χ3v) is 4.38. The molecule has 0 aromatic carbocycles. The highest BCUT2D eigenvalue weighted by Crippen LogP contribution is 2.21. The van der Waals surface area contributed by atoms with Gasteiger partial charge in [0.25, 0.3) is 0 Å². The summed E-state index contributed by atoms with van der Waals surface area (Å²) in [5, 5.41) is 19.2. The topological polar surface area (TPSA) is 85.8 Å². The van der Waals surface area contributed by atoms with E-state index in [0.717, 1.165) is 16.8 Å². The van der Waals surface area contributed by atoms with Gasteiger partial charge in [-0.3, -0.25) is 9.48 Å². The molecule has 0 saturated carbocycles. The summed E-state index contributed by atoms with van der Waals surface area (Å²) >= 11 is 1.57. The molecule has 3 aromatic rings. The molecule has 3 aromatic heterocycles. The Balaban J connectivity index is 1.53. The maximum absolute atomic E-state index is 12.1.